The number of rotatable bonds is 8. The molecule has 1 heterocycles. The summed E-state index contributed by atoms with van der Waals surface area (Å²) in [6.45, 7) is 2.67. The van der Waals surface area contributed by atoms with Gasteiger partial charge in [0.15, 0.2) is 15.8 Å². The molecule has 7 nitrogen and oxygen atoms in total. The van der Waals surface area contributed by atoms with Crippen LogP contribution in [0.25, 0.3) is 6.08 Å². The van der Waals surface area contributed by atoms with E-state index in [9.17, 15) is 9.59 Å². The molecule has 1 aliphatic heterocycles. The molecule has 2 N–H and O–H groups in total. The molecule has 3 aromatic carbocycles. The van der Waals surface area contributed by atoms with Crippen LogP contribution in [0.15, 0.2) is 70.0 Å². The lowest BCUT2D eigenvalue weighted by Crippen LogP contribution is -2.46. The molecule has 3 aromatic rings. The predicted octanol–water partition coefficient (Wildman–Crippen LogP) is 7.67. The summed E-state index contributed by atoms with van der Waals surface area (Å²) in [5, 5.41) is 4.24. The molecule has 0 aromatic heterocycles. The summed E-state index contributed by atoms with van der Waals surface area (Å²) in [5.74, 6) is 0.613. The Hall–Kier alpha value is -2.76. The van der Waals surface area contributed by atoms with Gasteiger partial charge in [-0.25, -0.2) is 10.2 Å². The second-order valence-corrected chi connectivity index (χ2v) is 11.1. The highest BCUT2D eigenvalue weighted by atomic mass is 79.9. The number of halogens is 3. The number of nitrogens with zero attached hydrogens (tertiary/aromatic N) is 1. The Morgan fingerprint density at radius 3 is 2.58 bits per heavy atom. The quantitative estimate of drug-likeness (QED) is 0.192. The minimum atomic E-state index is -0.665. The first-order valence-electron chi connectivity index (χ1n) is 11.2. The standard InChI is InChI=1S/C26H20BrCl2N3O4S2/c1-2-35-21-11-16(10-18(27)23(21)36-14-15-6-4-3-5-7-15)12-22-24(33)32(26(37)38-22)31-25(34)30-17-8-9-19(28)20(29)13-17/h3-13H,2,14H2,1H3,(H2,30,31,34)/b22-12+. The van der Waals surface area contributed by atoms with Gasteiger partial charge in [-0.2, -0.15) is 5.01 Å². The van der Waals surface area contributed by atoms with Gasteiger partial charge in [0.2, 0.25) is 0 Å². The first kappa shape index (κ1) is 28.3. The summed E-state index contributed by atoms with van der Waals surface area (Å²) in [5.41, 5.74) is 4.57. The first-order valence-corrected chi connectivity index (χ1v) is 14.0. The summed E-state index contributed by atoms with van der Waals surface area (Å²) in [4.78, 5) is 25.8. The molecule has 0 unspecified atom stereocenters. The van der Waals surface area contributed by atoms with Gasteiger partial charge < -0.3 is 14.8 Å². The number of hydrazine groups is 1. The molecule has 1 saturated heterocycles. The Bertz CT molecular complexity index is 1420. The van der Waals surface area contributed by atoms with E-state index < -0.39 is 11.9 Å². The van der Waals surface area contributed by atoms with Crippen LogP contribution in [-0.4, -0.2) is 27.9 Å². The highest BCUT2D eigenvalue weighted by molar-refractivity contribution is 9.10. The van der Waals surface area contributed by atoms with Crippen LogP contribution >= 0.6 is 63.1 Å². The van der Waals surface area contributed by atoms with E-state index in [1.807, 2.05) is 43.3 Å². The third-order valence-corrected chi connectivity index (χ3v) is 7.67. The van der Waals surface area contributed by atoms with Crippen molar-refractivity contribution in [1.82, 2.24) is 10.4 Å². The van der Waals surface area contributed by atoms with Crippen molar-refractivity contribution in [2.45, 2.75) is 13.5 Å². The molecule has 0 saturated carbocycles. The SMILES string of the molecule is CCOc1cc(/C=C2/SC(=S)N(NC(=O)Nc3ccc(Cl)c(Cl)c3)C2=O)cc(Br)c1OCc1ccccc1. The fourth-order valence-corrected chi connectivity index (χ4v) is 5.41. The van der Waals surface area contributed by atoms with Gasteiger partial charge in [-0.3, -0.25) is 4.79 Å². The van der Waals surface area contributed by atoms with Gasteiger partial charge in [-0.1, -0.05) is 65.3 Å². The Kier molecular flexibility index (Phi) is 9.56. The van der Waals surface area contributed by atoms with Crippen molar-refractivity contribution in [3.8, 4) is 11.5 Å². The summed E-state index contributed by atoms with van der Waals surface area (Å²) >= 11 is 21.8. The highest BCUT2D eigenvalue weighted by Crippen LogP contribution is 2.39. The lowest BCUT2D eigenvalue weighted by molar-refractivity contribution is -0.123. The number of thiocarbonyl (C=S) groups is 1. The van der Waals surface area contributed by atoms with Crippen molar-refractivity contribution in [2.75, 3.05) is 11.9 Å². The van der Waals surface area contributed by atoms with E-state index in [4.69, 9.17) is 44.9 Å². The molecule has 4 rings (SSSR count). The smallest absolute Gasteiger partial charge is 0.338 e. The van der Waals surface area contributed by atoms with Gasteiger partial charge in [-0.05, 0) is 82.6 Å². The van der Waals surface area contributed by atoms with Crippen LogP contribution < -0.4 is 20.2 Å². The Morgan fingerprint density at radius 2 is 1.87 bits per heavy atom. The third kappa shape index (κ3) is 7.00. The third-order valence-electron chi connectivity index (χ3n) is 5.04. The number of urea groups is 1. The maximum atomic E-state index is 13.0. The van der Waals surface area contributed by atoms with Crippen molar-refractivity contribution in [1.29, 1.82) is 0 Å². The maximum absolute atomic E-state index is 13.0. The van der Waals surface area contributed by atoms with Crippen molar-refractivity contribution in [3.05, 3.63) is 91.2 Å². The maximum Gasteiger partial charge on any atom is 0.338 e. The fraction of sp³-hybridized carbons (Fsp3) is 0.115. The Morgan fingerprint density at radius 1 is 1.11 bits per heavy atom. The molecule has 1 aliphatic rings. The topological polar surface area (TPSA) is 79.9 Å². The van der Waals surface area contributed by atoms with Gasteiger partial charge in [0.1, 0.15) is 6.61 Å². The van der Waals surface area contributed by atoms with Gasteiger partial charge in [0.25, 0.3) is 5.91 Å². The summed E-state index contributed by atoms with van der Waals surface area (Å²) in [6, 6.07) is 17.4. The number of amides is 3. The largest absolute Gasteiger partial charge is 0.490 e. The molecular formula is C26H20BrCl2N3O4S2. The average Bonchev–Trinajstić information content (AvgIpc) is 3.13. The first-order chi connectivity index (χ1) is 18.2. The minimum Gasteiger partial charge on any atom is -0.490 e. The molecule has 0 aliphatic carbocycles. The minimum absolute atomic E-state index is 0.178. The van der Waals surface area contributed by atoms with E-state index in [0.29, 0.717) is 50.4 Å². The van der Waals surface area contributed by atoms with Crippen molar-refractivity contribution in [2.24, 2.45) is 0 Å². The molecule has 196 valence electrons. The number of thioether (sulfide) groups is 1. The van der Waals surface area contributed by atoms with E-state index >= 15 is 0 Å². The number of nitrogens with one attached hydrogen (secondary N) is 2. The van der Waals surface area contributed by atoms with Crippen LogP contribution in [0, 0.1) is 0 Å². The van der Waals surface area contributed by atoms with Crippen LogP contribution in [-0.2, 0) is 11.4 Å². The van der Waals surface area contributed by atoms with E-state index in [1.54, 1.807) is 24.3 Å². The lowest BCUT2D eigenvalue weighted by Gasteiger charge is -2.16. The van der Waals surface area contributed by atoms with Gasteiger partial charge in [0.05, 0.1) is 26.0 Å². The number of anilines is 1. The van der Waals surface area contributed by atoms with Crippen molar-refractivity contribution >= 4 is 91.1 Å². The van der Waals surface area contributed by atoms with Crippen molar-refractivity contribution in [3.63, 3.8) is 0 Å². The van der Waals surface area contributed by atoms with Crippen LogP contribution in [0.5, 0.6) is 11.5 Å². The Balaban J connectivity index is 1.48. The number of hydrogen-bond donors (Lipinski definition) is 2. The van der Waals surface area contributed by atoms with Gasteiger partial charge in [-0.15, -0.1) is 0 Å². The molecule has 3 amide bonds. The molecule has 0 spiro atoms. The second kappa shape index (κ2) is 12.9. The Labute approximate surface area is 247 Å². The average molecular weight is 653 g/mol. The summed E-state index contributed by atoms with van der Waals surface area (Å²) in [7, 11) is 0. The molecule has 0 bridgehead atoms. The fourth-order valence-electron chi connectivity index (χ4n) is 3.35. The zero-order valence-electron chi connectivity index (χ0n) is 19.8. The van der Waals surface area contributed by atoms with E-state index in [0.717, 1.165) is 22.3 Å². The molecule has 0 radical (unpaired) electrons. The monoisotopic (exact) mass is 651 g/mol. The normalized spacial score (nSPS) is 14.1. The van der Waals surface area contributed by atoms with Crippen LogP contribution in [0.2, 0.25) is 10.0 Å². The lowest BCUT2D eigenvalue weighted by atomic mass is 10.1. The van der Waals surface area contributed by atoms with Crippen molar-refractivity contribution < 1.29 is 19.1 Å². The second-order valence-electron chi connectivity index (χ2n) is 7.75. The molecule has 12 heteroatoms. The number of carbonyl (C=O) groups is 2. The molecular weight excluding hydrogens is 633 g/mol. The number of carbonyl (C=O) groups excluding carboxylic acids is 2. The summed E-state index contributed by atoms with van der Waals surface area (Å²) < 4.78 is 12.7. The van der Waals surface area contributed by atoms with Gasteiger partial charge >= 0.3 is 6.03 Å². The number of hydrogen-bond acceptors (Lipinski definition) is 6. The molecule has 1 fully saturated rings. The summed E-state index contributed by atoms with van der Waals surface area (Å²) in [6.07, 6.45) is 1.67. The van der Waals surface area contributed by atoms with Crippen LogP contribution in [0.1, 0.15) is 18.1 Å². The zero-order chi connectivity index (χ0) is 27.2. The zero-order valence-corrected chi connectivity index (χ0v) is 24.5. The molecule has 38 heavy (non-hydrogen) atoms. The predicted molar refractivity (Wildman–Crippen MR) is 160 cm³/mol. The van der Waals surface area contributed by atoms with Crippen LogP contribution in [0.3, 0.4) is 0 Å². The highest BCUT2D eigenvalue weighted by Gasteiger charge is 2.34. The van der Waals surface area contributed by atoms with E-state index in [2.05, 4.69) is 26.7 Å². The number of ether oxygens (including phenoxy) is 2. The molecule has 0 atom stereocenters. The number of benzene rings is 3. The van der Waals surface area contributed by atoms with Crippen LogP contribution in [0.4, 0.5) is 10.5 Å². The van der Waals surface area contributed by atoms with Gasteiger partial charge in [0, 0.05) is 5.69 Å². The van der Waals surface area contributed by atoms with E-state index in [1.165, 1.54) is 6.07 Å². The van der Waals surface area contributed by atoms with E-state index in [-0.39, 0.29) is 9.34 Å².